The van der Waals surface area contributed by atoms with Crippen molar-refractivity contribution in [3.05, 3.63) is 11.7 Å². The van der Waals surface area contributed by atoms with E-state index in [0.29, 0.717) is 0 Å². The van der Waals surface area contributed by atoms with Crippen LogP contribution in [0.15, 0.2) is 11.7 Å². The van der Waals surface area contributed by atoms with Crippen molar-refractivity contribution in [1.29, 1.82) is 0 Å². The third kappa shape index (κ3) is 1.38. The van der Waals surface area contributed by atoms with Crippen LogP contribution in [0, 0.1) is 0 Å². The molecule has 0 aliphatic rings. The van der Waals surface area contributed by atoms with Crippen molar-refractivity contribution in [2.75, 3.05) is 0 Å². The largest absolute Gasteiger partial charge is 0.498 e. The van der Waals surface area contributed by atoms with Gasteiger partial charge in [0.25, 0.3) is 11.7 Å². The third-order valence-corrected chi connectivity index (χ3v) is 0.445. The molecule has 0 aliphatic heterocycles. The van der Waals surface area contributed by atoms with Gasteiger partial charge < -0.3 is 21.1 Å². The summed E-state index contributed by atoms with van der Waals surface area (Å²) in [7, 11) is 0. The predicted octanol–water partition coefficient (Wildman–Crippen LogP) is -0.685. The van der Waals surface area contributed by atoms with Crippen molar-refractivity contribution in [1.82, 2.24) is 0 Å². The maximum absolute atomic E-state index is 9.74. The van der Waals surface area contributed by atoms with Gasteiger partial charge in [-0.15, -0.1) is 0 Å². The Balaban J connectivity index is 4.23. The van der Waals surface area contributed by atoms with E-state index in [9.17, 15) is 4.79 Å². The molecule has 5 N–H and O–H groups in total. The topological polar surface area (TPSA) is 104 Å². The van der Waals surface area contributed by atoms with Crippen LogP contribution in [0.5, 0.6) is 0 Å². The molecule has 0 heterocycles. The molecular formula is C3H5NO4. The van der Waals surface area contributed by atoms with Gasteiger partial charge in [-0.25, -0.2) is 0 Å². The van der Waals surface area contributed by atoms with Crippen LogP contribution in [0.2, 0.25) is 0 Å². The summed E-state index contributed by atoms with van der Waals surface area (Å²) in [4.78, 5) is 9.74. The van der Waals surface area contributed by atoms with Crippen molar-refractivity contribution in [2.45, 2.75) is 0 Å². The Bertz CT molecular complexity index is 134. The Morgan fingerprint density at radius 3 is 1.62 bits per heavy atom. The number of primary amides is 1. The Morgan fingerprint density at radius 1 is 1.25 bits per heavy atom. The summed E-state index contributed by atoms with van der Waals surface area (Å²) in [6.45, 7) is 0. The zero-order valence-corrected chi connectivity index (χ0v) is 3.83. The molecule has 0 fully saturated rings. The average molecular weight is 119 g/mol. The van der Waals surface area contributed by atoms with Gasteiger partial charge in [0.2, 0.25) is 0 Å². The van der Waals surface area contributed by atoms with Crippen LogP contribution in [-0.4, -0.2) is 21.2 Å². The van der Waals surface area contributed by atoms with E-state index in [2.05, 4.69) is 5.73 Å². The highest BCUT2D eigenvalue weighted by atomic mass is 16.5. The summed E-state index contributed by atoms with van der Waals surface area (Å²) in [6.07, 6.45) is 0. The molecule has 0 unspecified atom stereocenters. The number of aliphatic hydroxyl groups is 3. The van der Waals surface area contributed by atoms with E-state index < -0.39 is 17.6 Å². The minimum Gasteiger partial charge on any atom is -0.498 e. The second-order valence-corrected chi connectivity index (χ2v) is 1.04. The van der Waals surface area contributed by atoms with Crippen molar-refractivity contribution >= 4 is 5.91 Å². The smallest absolute Gasteiger partial charge is 0.324 e. The number of carbonyl (C=O) groups is 1. The first-order valence-electron chi connectivity index (χ1n) is 1.66. The van der Waals surface area contributed by atoms with Crippen LogP contribution in [0.4, 0.5) is 0 Å². The van der Waals surface area contributed by atoms with Crippen LogP contribution in [-0.2, 0) is 4.79 Å². The highest BCUT2D eigenvalue weighted by Gasteiger charge is 2.06. The molecule has 0 bridgehead atoms. The zero-order valence-electron chi connectivity index (χ0n) is 3.83. The van der Waals surface area contributed by atoms with Crippen LogP contribution >= 0.6 is 0 Å². The number of aliphatic hydroxyl groups excluding tert-OH is 2. The lowest BCUT2D eigenvalue weighted by molar-refractivity contribution is -0.117. The van der Waals surface area contributed by atoms with Gasteiger partial charge in [-0.05, 0) is 0 Å². The summed E-state index contributed by atoms with van der Waals surface area (Å²) in [5.41, 5.74) is 4.37. The van der Waals surface area contributed by atoms with E-state index in [1.807, 2.05) is 0 Å². The molecule has 0 saturated heterocycles. The molecular weight excluding hydrogens is 114 g/mol. The van der Waals surface area contributed by atoms with Crippen LogP contribution in [0.25, 0.3) is 0 Å². The molecule has 0 saturated carbocycles. The first kappa shape index (κ1) is 6.61. The molecule has 0 aromatic rings. The summed E-state index contributed by atoms with van der Waals surface area (Å²) < 4.78 is 0. The van der Waals surface area contributed by atoms with Crippen molar-refractivity contribution in [2.24, 2.45) is 5.73 Å². The summed E-state index contributed by atoms with van der Waals surface area (Å²) >= 11 is 0. The fourth-order valence-electron chi connectivity index (χ4n) is 0.110. The summed E-state index contributed by atoms with van der Waals surface area (Å²) in [5, 5.41) is 23.9. The maximum atomic E-state index is 9.74. The molecule has 46 valence electrons. The molecule has 5 nitrogen and oxygen atoms in total. The highest BCUT2D eigenvalue weighted by molar-refractivity contribution is 5.89. The Labute approximate surface area is 44.7 Å². The maximum Gasteiger partial charge on any atom is 0.324 e. The van der Waals surface area contributed by atoms with E-state index in [1.165, 1.54) is 0 Å². The Kier molecular flexibility index (Phi) is 1.70. The van der Waals surface area contributed by atoms with E-state index in [4.69, 9.17) is 15.3 Å². The minimum absolute atomic E-state index is 1.23. The van der Waals surface area contributed by atoms with E-state index in [-0.39, 0.29) is 0 Å². The molecule has 0 spiro atoms. The molecule has 0 radical (unpaired) electrons. The normalized spacial score (nSPS) is 8.00. The monoisotopic (exact) mass is 119 g/mol. The number of hydrogen-bond donors (Lipinski definition) is 4. The molecule has 0 aromatic heterocycles. The van der Waals surface area contributed by atoms with Gasteiger partial charge in [0, 0.05) is 0 Å². The standard InChI is InChI=1S/C3H5NO4/c4-2(6)1(5)3(7)8/h5,7-8H,(H2,4,6). The predicted molar refractivity (Wildman–Crippen MR) is 24.1 cm³/mol. The molecule has 8 heavy (non-hydrogen) atoms. The lowest BCUT2D eigenvalue weighted by Crippen LogP contribution is -2.15. The van der Waals surface area contributed by atoms with Crippen LogP contribution in [0.3, 0.4) is 0 Å². The second-order valence-electron chi connectivity index (χ2n) is 1.04. The lowest BCUT2D eigenvalue weighted by atomic mass is 10.5. The van der Waals surface area contributed by atoms with Crippen LogP contribution < -0.4 is 5.73 Å². The molecule has 5 heteroatoms. The zero-order chi connectivity index (χ0) is 6.73. The number of rotatable bonds is 1. The quantitative estimate of drug-likeness (QED) is 0.271. The molecule has 1 amide bonds. The molecule has 0 aromatic carbocycles. The average Bonchev–Trinajstić information content (AvgIpc) is 1.64. The van der Waals surface area contributed by atoms with E-state index in [1.54, 1.807) is 0 Å². The summed E-state index contributed by atoms with van der Waals surface area (Å²) in [6, 6.07) is 0. The molecule has 0 rings (SSSR count). The van der Waals surface area contributed by atoms with Gasteiger partial charge >= 0.3 is 5.95 Å². The van der Waals surface area contributed by atoms with Crippen molar-refractivity contribution in [3.63, 3.8) is 0 Å². The Morgan fingerprint density at radius 2 is 1.62 bits per heavy atom. The molecule has 0 aliphatic carbocycles. The number of carbonyl (C=O) groups excluding carboxylic acids is 1. The van der Waals surface area contributed by atoms with E-state index >= 15 is 0 Å². The first-order valence-corrected chi connectivity index (χ1v) is 1.66. The SMILES string of the molecule is NC(=O)C(O)=C(O)O. The van der Waals surface area contributed by atoms with Gasteiger partial charge in [0.05, 0.1) is 0 Å². The van der Waals surface area contributed by atoms with Gasteiger partial charge in [0.15, 0.2) is 0 Å². The van der Waals surface area contributed by atoms with Crippen LogP contribution in [0.1, 0.15) is 0 Å². The fourth-order valence-corrected chi connectivity index (χ4v) is 0.110. The first-order chi connectivity index (χ1) is 3.55. The minimum atomic E-state index is -1.46. The number of hydrogen-bond acceptors (Lipinski definition) is 4. The van der Waals surface area contributed by atoms with Crippen molar-refractivity contribution < 1.29 is 20.1 Å². The second kappa shape index (κ2) is 2.06. The third-order valence-electron chi connectivity index (χ3n) is 0.445. The van der Waals surface area contributed by atoms with Gasteiger partial charge in [-0.1, -0.05) is 0 Å². The highest BCUT2D eigenvalue weighted by Crippen LogP contribution is 1.88. The number of nitrogens with two attached hydrogens (primary N) is 1. The Hall–Kier alpha value is -1.39. The lowest BCUT2D eigenvalue weighted by Gasteiger charge is -1.89. The fraction of sp³-hybridized carbons (Fsp3) is 0. The number of amides is 1. The van der Waals surface area contributed by atoms with Gasteiger partial charge in [-0.2, -0.15) is 0 Å². The van der Waals surface area contributed by atoms with Gasteiger partial charge in [-0.3, -0.25) is 4.79 Å². The summed E-state index contributed by atoms with van der Waals surface area (Å²) in [5.74, 6) is -3.97. The van der Waals surface area contributed by atoms with Crippen molar-refractivity contribution in [3.8, 4) is 0 Å². The van der Waals surface area contributed by atoms with E-state index in [0.717, 1.165) is 0 Å². The van der Waals surface area contributed by atoms with Gasteiger partial charge in [0.1, 0.15) is 0 Å². The molecule has 0 atom stereocenters.